The molecule has 20 heavy (non-hydrogen) atoms. The average Bonchev–Trinajstić information content (AvgIpc) is 2.41. The molecule has 1 heterocycles. The first-order valence-electron chi connectivity index (χ1n) is 5.71. The fraction of sp³-hybridized carbons (Fsp3) is 0.0769. The predicted molar refractivity (Wildman–Crippen MR) is 76.1 cm³/mol. The fourth-order valence-electron chi connectivity index (χ4n) is 1.66. The van der Waals surface area contributed by atoms with Crippen LogP contribution < -0.4 is 16.6 Å². The van der Waals surface area contributed by atoms with Crippen LogP contribution in [0.1, 0.15) is 15.9 Å². The zero-order valence-corrected chi connectivity index (χ0v) is 11.3. The number of aryl methyl sites for hydroxylation is 1. The lowest BCUT2D eigenvalue weighted by Crippen LogP contribution is -2.15. The summed E-state index contributed by atoms with van der Waals surface area (Å²) in [5.74, 6) is 4.77. The Kier molecular flexibility index (Phi) is 4.16. The largest absolute Gasteiger partial charge is 0.322 e. The predicted octanol–water partition coefficient (Wildman–Crippen LogP) is 2.72. The summed E-state index contributed by atoms with van der Waals surface area (Å²) in [6.45, 7) is 1.70. The van der Waals surface area contributed by atoms with E-state index in [4.69, 9.17) is 17.4 Å². The Morgan fingerprint density at radius 2 is 2.10 bits per heavy atom. The van der Waals surface area contributed by atoms with Crippen LogP contribution in [0, 0.1) is 12.7 Å². The summed E-state index contributed by atoms with van der Waals surface area (Å²) in [5.41, 5.74) is 3.75. The first-order valence-corrected chi connectivity index (χ1v) is 6.09. The van der Waals surface area contributed by atoms with E-state index in [0.717, 1.165) is 0 Å². The van der Waals surface area contributed by atoms with Crippen molar-refractivity contribution in [3.8, 4) is 0 Å². The van der Waals surface area contributed by atoms with Gasteiger partial charge in [-0.2, -0.15) is 0 Å². The van der Waals surface area contributed by atoms with Gasteiger partial charge < -0.3 is 10.7 Å². The Morgan fingerprint density at radius 1 is 1.35 bits per heavy atom. The summed E-state index contributed by atoms with van der Waals surface area (Å²) < 4.78 is 13.0. The van der Waals surface area contributed by atoms with Gasteiger partial charge in [0.15, 0.2) is 0 Å². The monoisotopic (exact) mass is 294 g/mol. The zero-order chi connectivity index (χ0) is 14.7. The number of rotatable bonds is 3. The van der Waals surface area contributed by atoms with Crippen LogP contribution >= 0.6 is 11.6 Å². The molecule has 0 aliphatic heterocycles. The maximum atomic E-state index is 13.0. The highest BCUT2D eigenvalue weighted by atomic mass is 35.5. The summed E-state index contributed by atoms with van der Waals surface area (Å²) in [7, 11) is 0. The standard InChI is InChI=1S/C13H12ClFN4O/c1-7-4-9(15)2-3-10(7)17-13(20)8-5-11(14)18-12(6-8)19-16/h2-6H,16H2,1H3,(H,17,20)(H,18,19). The molecule has 0 aliphatic carbocycles. The van der Waals surface area contributed by atoms with Gasteiger partial charge in [-0.05, 0) is 42.8 Å². The van der Waals surface area contributed by atoms with Crippen molar-refractivity contribution in [1.82, 2.24) is 4.98 Å². The lowest BCUT2D eigenvalue weighted by molar-refractivity contribution is 0.102. The molecule has 1 aromatic carbocycles. The Hall–Kier alpha value is -2.18. The summed E-state index contributed by atoms with van der Waals surface area (Å²) in [6, 6.07) is 6.97. The van der Waals surface area contributed by atoms with Gasteiger partial charge in [0, 0.05) is 11.3 Å². The molecule has 0 radical (unpaired) electrons. The third kappa shape index (κ3) is 3.23. The van der Waals surface area contributed by atoms with Crippen LogP contribution in [-0.4, -0.2) is 10.9 Å². The van der Waals surface area contributed by atoms with Crippen LogP contribution in [0.4, 0.5) is 15.9 Å². The molecule has 0 spiro atoms. The maximum absolute atomic E-state index is 13.0. The van der Waals surface area contributed by atoms with Crippen LogP contribution in [0.3, 0.4) is 0 Å². The van der Waals surface area contributed by atoms with Crippen molar-refractivity contribution in [2.24, 2.45) is 5.84 Å². The van der Waals surface area contributed by atoms with E-state index in [1.165, 1.54) is 30.3 Å². The molecule has 0 bridgehead atoms. The molecule has 4 N–H and O–H groups in total. The van der Waals surface area contributed by atoms with Gasteiger partial charge in [0.05, 0.1) is 0 Å². The van der Waals surface area contributed by atoms with Crippen molar-refractivity contribution in [3.63, 3.8) is 0 Å². The van der Waals surface area contributed by atoms with E-state index in [1.807, 2.05) is 0 Å². The maximum Gasteiger partial charge on any atom is 0.255 e. The van der Waals surface area contributed by atoms with E-state index in [0.29, 0.717) is 16.8 Å². The quantitative estimate of drug-likeness (QED) is 0.462. The number of carbonyl (C=O) groups excluding carboxylic acids is 1. The Labute approximate surface area is 119 Å². The van der Waals surface area contributed by atoms with Crippen LogP contribution in [0.2, 0.25) is 5.15 Å². The molecule has 0 fully saturated rings. The number of hydrogen-bond donors (Lipinski definition) is 3. The van der Waals surface area contributed by atoms with Crippen LogP contribution in [0.25, 0.3) is 0 Å². The Balaban J connectivity index is 2.26. The van der Waals surface area contributed by atoms with E-state index in [1.54, 1.807) is 6.92 Å². The SMILES string of the molecule is Cc1cc(F)ccc1NC(=O)c1cc(Cl)nc(NN)c1. The summed E-state index contributed by atoms with van der Waals surface area (Å²) >= 11 is 5.79. The molecule has 7 heteroatoms. The van der Waals surface area contributed by atoms with Crippen molar-refractivity contribution in [2.75, 3.05) is 10.7 Å². The number of hydrogen-bond acceptors (Lipinski definition) is 4. The summed E-state index contributed by atoms with van der Waals surface area (Å²) in [4.78, 5) is 16.0. The van der Waals surface area contributed by atoms with Crippen molar-refractivity contribution in [1.29, 1.82) is 0 Å². The number of carbonyl (C=O) groups is 1. The molecule has 0 unspecified atom stereocenters. The number of nitrogens with zero attached hydrogens (tertiary/aromatic N) is 1. The molecular weight excluding hydrogens is 283 g/mol. The van der Waals surface area contributed by atoms with E-state index in [-0.39, 0.29) is 22.7 Å². The van der Waals surface area contributed by atoms with Gasteiger partial charge in [0.25, 0.3) is 5.91 Å². The van der Waals surface area contributed by atoms with E-state index in [2.05, 4.69) is 15.7 Å². The van der Waals surface area contributed by atoms with Crippen LogP contribution in [0.15, 0.2) is 30.3 Å². The molecule has 104 valence electrons. The number of benzene rings is 1. The molecule has 0 saturated carbocycles. The topological polar surface area (TPSA) is 80.0 Å². The van der Waals surface area contributed by atoms with Gasteiger partial charge in [0.1, 0.15) is 16.8 Å². The number of nitrogens with one attached hydrogen (secondary N) is 2. The van der Waals surface area contributed by atoms with Gasteiger partial charge in [-0.1, -0.05) is 11.6 Å². The average molecular weight is 295 g/mol. The van der Waals surface area contributed by atoms with Crippen LogP contribution in [0.5, 0.6) is 0 Å². The van der Waals surface area contributed by atoms with Crippen molar-refractivity contribution in [2.45, 2.75) is 6.92 Å². The minimum absolute atomic E-state index is 0.140. The number of aromatic nitrogens is 1. The summed E-state index contributed by atoms with van der Waals surface area (Å²) in [5, 5.41) is 2.81. The number of pyridine rings is 1. The molecule has 5 nitrogen and oxygen atoms in total. The van der Waals surface area contributed by atoms with Crippen molar-refractivity contribution < 1.29 is 9.18 Å². The lowest BCUT2D eigenvalue weighted by Gasteiger charge is -2.09. The number of nitrogens with two attached hydrogens (primary N) is 1. The third-order valence-electron chi connectivity index (χ3n) is 2.64. The number of anilines is 2. The van der Waals surface area contributed by atoms with Crippen molar-refractivity contribution in [3.05, 3.63) is 52.4 Å². The second kappa shape index (κ2) is 5.85. The minimum Gasteiger partial charge on any atom is -0.322 e. The van der Waals surface area contributed by atoms with Gasteiger partial charge >= 0.3 is 0 Å². The molecule has 0 aliphatic rings. The third-order valence-corrected chi connectivity index (χ3v) is 2.83. The molecule has 1 aromatic heterocycles. The normalized spacial score (nSPS) is 10.2. The van der Waals surface area contributed by atoms with Gasteiger partial charge in [0.2, 0.25) is 0 Å². The highest BCUT2D eigenvalue weighted by molar-refractivity contribution is 6.30. The fourth-order valence-corrected chi connectivity index (χ4v) is 1.87. The Bertz CT molecular complexity index is 663. The Morgan fingerprint density at radius 3 is 2.75 bits per heavy atom. The van der Waals surface area contributed by atoms with E-state index < -0.39 is 0 Å². The minimum atomic E-state index is -0.388. The molecule has 0 atom stereocenters. The van der Waals surface area contributed by atoms with Crippen molar-refractivity contribution >= 4 is 29.0 Å². The number of amides is 1. The molecule has 0 saturated heterocycles. The zero-order valence-electron chi connectivity index (χ0n) is 10.6. The van der Waals surface area contributed by atoms with Gasteiger partial charge in [-0.3, -0.25) is 4.79 Å². The lowest BCUT2D eigenvalue weighted by atomic mass is 10.1. The molecule has 2 aromatic rings. The first kappa shape index (κ1) is 14.2. The molecule has 1 amide bonds. The highest BCUT2D eigenvalue weighted by Crippen LogP contribution is 2.19. The first-order chi connectivity index (χ1) is 9.49. The number of halogens is 2. The van der Waals surface area contributed by atoms with E-state index in [9.17, 15) is 9.18 Å². The van der Waals surface area contributed by atoms with Crippen LogP contribution in [-0.2, 0) is 0 Å². The molecule has 2 rings (SSSR count). The molecular formula is C13H12ClFN4O. The van der Waals surface area contributed by atoms with Gasteiger partial charge in [-0.25, -0.2) is 15.2 Å². The second-order valence-corrected chi connectivity index (χ2v) is 4.51. The van der Waals surface area contributed by atoms with Gasteiger partial charge in [-0.15, -0.1) is 0 Å². The van der Waals surface area contributed by atoms with E-state index >= 15 is 0 Å². The number of hydrazine groups is 1. The summed E-state index contributed by atoms with van der Waals surface area (Å²) in [6.07, 6.45) is 0. The smallest absolute Gasteiger partial charge is 0.255 e. The second-order valence-electron chi connectivity index (χ2n) is 4.12. The number of nitrogen functional groups attached to an aromatic ring is 1. The highest BCUT2D eigenvalue weighted by Gasteiger charge is 2.11.